The average molecular weight is 696 g/mol. The highest BCUT2D eigenvalue weighted by atomic mass is 35.5. The van der Waals surface area contributed by atoms with Gasteiger partial charge in [0.25, 0.3) is 5.92 Å². The van der Waals surface area contributed by atoms with Gasteiger partial charge in [-0.05, 0) is 50.8 Å². The van der Waals surface area contributed by atoms with E-state index in [2.05, 4.69) is 30.5 Å². The van der Waals surface area contributed by atoms with Crippen molar-refractivity contribution in [2.75, 3.05) is 43.0 Å². The van der Waals surface area contributed by atoms with Crippen molar-refractivity contribution in [1.82, 2.24) is 25.2 Å². The maximum absolute atomic E-state index is 16.7. The molecule has 5 aliphatic rings. The van der Waals surface area contributed by atoms with Crippen molar-refractivity contribution in [2.24, 2.45) is 5.41 Å². The predicted octanol–water partition coefficient (Wildman–Crippen LogP) is 6.04. The Bertz CT molecular complexity index is 1830. The largest absolute Gasteiger partial charge is 0.461 e. The summed E-state index contributed by atoms with van der Waals surface area (Å²) in [7, 11) is 0. The predicted molar refractivity (Wildman–Crippen MR) is 165 cm³/mol. The molecule has 4 saturated heterocycles. The number of carbonyl (C=O) groups excluding carboxylic acids is 1. The zero-order valence-corrected chi connectivity index (χ0v) is 26.6. The Hall–Kier alpha value is -3.43. The van der Waals surface area contributed by atoms with Crippen LogP contribution >= 0.6 is 11.6 Å². The Labute approximate surface area is 276 Å². The summed E-state index contributed by atoms with van der Waals surface area (Å²) < 4.78 is 94.6. The first-order valence-corrected chi connectivity index (χ1v) is 16.4. The first-order chi connectivity index (χ1) is 22.7. The van der Waals surface area contributed by atoms with Crippen LogP contribution < -0.4 is 20.3 Å². The van der Waals surface area contributed by atoms with Gasteiger partial charge in [0.15, 0.2) is 5.82 Å². The van der Waals surface area contributed by atoms with Crippen molar-refractivity contribution in [2.45, 2.75) is 75.2 Å². The van der Waals surface area contributed by atoms with E-state index in [0.29, 0.717) is 31.9 Å². The Morgan fingerprint density at radius 2 is 1.90 bits per heavy atom. The highest BCUT2D eigenvalue weighted by molar-refractivity contribution is 6.32. The number of fused-ring (bicyclic) bond motifs is 4. The van der Waals surface area contributed by atoms with Gasteiger partial charge in [0.2, 0.25) is 5.91 Å². The molecule has 256 valence electrons. The van der Waals surface area contributed by atoms with Gasteiger partial charge in [-0.1, -0.05) is 11.6 Å². The van der Waals surface area contributed by atoms with E-state index >= 15 is 4.39 Å². The number of anilines is 2. The van der Waals surface area contributed by atoms with Gasteiger partial charge in [-0.15, -0.1) is 0 Å². The first-order valence-electron chi connectivity index (χ1n) is 16.0. The van der Waals surface area contributed by atoms with Gasteiger partial charge in [-0.25, -0.2) is 13.2 Å². The number of carbonyl (C=O) groups is 1. The SMILES string of the molecule is CC(=O)Nc1cc(Cl)c(C(F)(F)F)c(-c2ncc3c(N4C[C@H]5CC[C@@H](C4)N5)nc(OC[C@@]45CCCN4C[C@@]4(CC4(F)F)C5)nc3c2F)c1. The van der Waals surface area contributed by atoms with Crippen molar-refractivity contribution in [3.8, 4) is 17.3 Å². The summed E-state index contributed by atoms with van der Waals surface area (Å²) in [5.74, 6) is -4.11. The monoisotopic (exact) mass is 695 g/mol. The third kappa shape index (κ3) is 5.15. The molecule has 1 amide bonds. The number of hydrogen-bond donors (Lipinski definition) is 2. The number of nitrogens with one attached hydrogen (secondary N) is 2. The number of rotatable bonds is 6. The molecule has 2 N–H and O–H groups in total. The molecular weight excluding hydrogens is 664 g/mol. The van der Waals surface area contributed by atoms with Crippen molar-refractivity contribution in [3.63, 3.8) is 0 Å². The number of pyridine rings is 1. The fraction of sp³-hybridized carbons (Fsp3) is 0.562. The molecule has 2 bridgehead atoms. The summed E-state index contributed by atoms with van der Waals surface area (Å²) >= 11 is 6.07. The molecule has 5 fully saturated rings. The summed E-state index contributed by atoms with van der Waals surface area (Å²) in [6.45, 7) is 3.23. The molecule has 2 aromatic heterocycles. The summed E-state index contributed by atoms with van der Waals surface area (Å²) in [6.07, 6.45) is -0.273. The summed E-state index contributed by atoms with van der Waals surface area (Å²) in [6, 6.07) is 2.05. The molecule has 1 aromatic carbocycles. The van der Waals surface area contributed by atoms with Gasteiger partial charge in [-0.2, -0.15) is 23.1 Å². The van der Waals surface area contributed by atoms with Crippen LogP contribution in [0.2, 0.25) is 5.02 Å². The number of nitrogens with zero attached hydrogens (tertiary/aromatic N) is 5. The summed E-state index contributed by atoms with van der Waals surface area (Å²) in [4.78, 5) is 28.9. The molecular formula is C32H32ClF6N7O2. The molecule has 1 saturated carbocycles. The summed E-state index contributed by atoms with van der Waals surface area (Å²) in [5, 5.41) is 5.35. The Kier molecular flexibility index (Phi) is 7.15. The second-order valence-corrected chi connectivity index (χ2v) is 14.4. The number of amides is 1. The van der Waals surface area contributed by atoms with Crippen molar-refractivity contribution in [1.29, 1.82) is 0 Å². The van der Waals surface area contributed by atoms with E-state index in [-0.39, 0.29) is 60.7 Å². The highest BCUT2D eigenvalue weighted by Crippen LogP contribution is 2.69. The Morgan fingerprint density at radius 1 is 1.17 bits per heavy atom. The van der Waals surface area contributed by atoms with Crippen LogP contribution in [0.5, 0.6) is 6.01 Å². The lowest BCUT2D eigenvalue weighted by Crippen LogP contribution is -2.51. The normalized spacial score (nSPS) is 29.1. The minimum Gasteiger partial charge on any atom is -0.461 e. The zero-order valence-electron chi connectivity index (χ0n) is 25.9. The van der Waals surface area contributed by atoms with E-state index in [4.69, 9.17) is 16.3 Å². The number of aromatic nitrogens is 3. The van der Waals surface area contributed by atoms with E-state index in [0.717, 1.165) is 31.4 Å². The molecule has 9 nitrogen and oxygen atoms in total. The number of benzene rings is 1. The number of hydrogen-bond acceptors (Lipinski definition) is 8. The van der Waals surface area contributed by atoms with Crippen molar-refractivity contribution in [3.05, 3.63) is 34.7 Å². The lowest BCUT2D eigenvalue weighted by molar-refractivity contribution is -0.137. The summed E-state index contributed by atoms with van der Waals surface area (Å²) in [5.41, 5.74) is -4.76. The number of ether oxygens (including phenoxy) is 1. The van der Waals surface area contributed by atoms with Gasteiger partial charge in [-0.3, -0.25) is 14.7 Å². The van der Waals surface area contributed by atoms with E-state index in [9.17, 15) is 26.7 Å². The Balaban J connectivity index is 1.23. The van der Waals surface area contributed by atoms with Crippen molar-refractivity contribution < 1.29 is 35.9 Å². The minimum absolute atomic E-state index is 0.00866. The van der Waals surface area contributed by atoms with Crippen LogP contribution in [0.4, 0.5) is 37.8 Å². The van der Waals surface area contributed by atoms with E-state index in [1.54, 1.807) is 0 Å². The molecule has 0 unspecified atom stereocenters. The smallest absolute Gasteiger partial charge is 0.418 e. The van der Waals surface area contributed by atoms with E-state index in [1.807, 2.05) is 4.90 Å². The highest BCUT2D eigenvalue weighted by Gasteiger charge is 2.77. The van der Waals surface area contributed by atoms with Gasteiger partial charge in [0, 0.05) is 62.5 Å². The third-order valence-electron chi connectivity index (χ3n) is 10.7. The van der Waals surface area contributed by atoms with Gasteiger partial charge in [0.05, 0.1) is 26.9 Å². The van der Waals surface area contributed by atoms with Gasteiger partial charge < -0.3 is 20.3 Å². The molecule has 3 aromatic rings. The van der Waals surface area contributed by atoms with Crippen LogP contribution in [0.25, 0.3) is 22.2 Å². The van der Waals surface area contributed by atoms with Gasteiger partial charge >= 0.3 is 12.2 Å². The number of piperazine rings is 1. The van der Waals surface area contributed by atoms with E-state index < -0.39 is 56.6 Å². The molecule has 16 heteroatoms. The molecule has 0 radical (unpaired) electrons. The lowest BCUT2D eigenvalue weighted by atomic mass is 9.89. The molecule has 1 spiro atoms. The van der Waals surface area contributed by atoms with Crippen LogP contribution in [-0.4, -0.2) is 82.1 Å². The average Bonchev–Trinajstić information content (AvgIpc) is 3.33. The van der Waals surface area contributed by atoms with Crippen LogP contribution in [0.3, 0.4) is 0 Å². The quantitative estimate of drug-likeness (QED) is 0.302. The molecule has 6 heterocycles. The van der Waals surface area contributed by atoms with Crippen LogP contribution in [0, 0.1) is 11.2 Å². The fourth-order valence-corrected chi connectivity index (χ4v) is 8.82. The molecule has 8 rings (SSSR count). The Morgan fingerprint density at radius 3 is 2.56 bits per heavy atom. The number of alkyl halides is 5. The van der Waals surface area contributed by atoms with Crippen LogP contribution in [0.1, 0.15) is 51.0 Å². The fourth-order valence-electron chi connectivity index (χ4n) is 8.49. The number of halogens is 7. The van der Waals surface area contributed by atoms with Crippen LogP contribution in [-0.2, 0) is 11.0 Å². The lowest BCUT2D eigenvalue weighted by Gasteiger charge is -2.34. The third-order valence-corrected chi connectivity index (χ3v) is 11.0. The van der Waals surface area contributed by atoms with E-state index in [1.165, 1.54) is 13.1 Å². The van der Waals surface area contributed by atoms with Crippen molar-refractivity contribution >= 4 is 39.9 Å². The second-order valence-electron chi connectivity index (χ2n) is 14.0. The molecule has 4 aliphatic heterocycles. The second kappa shape index (κ2) is 10.8. The van der Waals surface area contributed by atoms with Crippen LogP contribution in [0.15, 0.2) is 18.3 Å². The maximum Gasteiger partial charge on any atom is 0.418 e. The minimum atomic E-state index is -4.99. The standard InChI is InChI=1S/C32H32ClF6N7O2/c1-16(47)41-19-7-20(23(22(33)8-19)32(37,38)39)25-24(34)26-21(9-40-25)27(45-10-17-3-4-18(11-45)42-17)44-28(43-26)48-15-30-5-2-6-46(30)14-29(12-30)13-31(29,35)36/h7-9,17-18,42H,2-6,10-15H2,1H3,(H,41,47)/t17-,18+,29-,30-/m0/s1. The molecule has 4 atom stereocenters. The molecule has 1 aliphatic carbocycles. The zero-order chi connectivity index (χ0) is 33.8. The maximum atomic E-state index is 16.7. The topological polar surface area (TPSA) is 95.5 Å². The molecule has 48 heavy (non-hydrogen) atoms. The van der Waals surface area contributed by atoms with Gasteiger partial charge in [0.1, 0.15) is 23.6 Å². The first kappa shape index (κ1) is 31.8.